The zero-order valence-electron chi connectivity index (χ0n) is 19.8. The van der Waals surface area contributed by atoms with Crippen molar-refractivity contribution < 1.29 is 4.79 Å². The van der Waals surface area contributed by atoms with E-state index >= 15 is 0 Å². The number of nitrogens with two attached hydrogens (primary N) is 1. The molecule has 11 heteroatoms. The fourth-order valence-corrected chi connectivity index (χ4v) is 3.76. The molecule has 0 aliphatic rings. The Labute approximate surface area is 206 Å². The van der Waals surface area contributed by atoms with E-state index in [9.17, 15) is 10.1 Å². The van der Waals surface area contributed by atoms with Gasteiger partial charge < -0.3 is 11.1 Å². The minimum absolute atomic E-state index is 0.286. The fraction of sp³-hybridized carbons (Fsp3) is 0.160. The summed E-state index contributed by atoms with van der Waals surface area (Å²) in [7, 11) is 0. The second-order valence-electron chi connectivity index (χ2n) is 8.80. The molecule has 5 aromatic rings. The van der Waals surface area contributed by atoms with Crippen LogP contribution >= 0.6 is 0 Å². The zero-order chi connectivity index (χ0) is 25.4. The topological polar surface area (TPSA) is 153 Å². The molecule has 0 aliphatic carbocycles. The van der Waals surface area contributed by atoms with Crippen LogP contribution in [-0.4, -0.2) is 40.3 Å². The van der Waals surface area contributed by atoms with Gasteiger partial charge in [0.05, 0.1) is 52.8 Å². The summed E-state index contributed by atoms with van der Waals surface area (Å²) >= 11 is 0. The third-order valence-electron chi connectivity index (χ3n) is 5.90. The van der Waals surface area contributed by atoms with Gasteiger partial charge in [0.1, 0.15) is 6.33 Å². The van der Waals surface area contributed by atoms with Crippen molar-refractivity contribution >= 4 is 23.1 Å². The molecule has 1 amide bonds. The Hall–Kier alpha value is -5.11. The summed E-state index contributed by atoms with van der Waals surface area (Å²) in [5, 5.41) is 21.0. The minimum Gasteiger partial charge on any atom is -0.381 e. The number of pyridine rings is 1. The van der Waals surface area contributed by atoms with E-state index in [4.69, 9.17) is 5.73 Å². The number of nitrogens with one attached hydrogen (secondary N) is 1. The summed E-state index contributed by atoms with van der Waals surface area (Å²) in [4.78, 5) is 25.6. The van der Waals surface area contributed by atoms with E-state index in [0.717, 1.165) is 16.8 Å². The number of amides is 1. The van der Waals surface area contributed by atoms with Crippen LogP contribution in [0.15, 0.2) is 61.4 Å². The van der Waals surface area contributed by atoms with Crippen molar-refractivity contribution in [3.63, 3.8) is 0 Å². The molecule has 0 aliphatic heterocycles. The Morgan fingerprint density at radius 1 is 1.11 bits per heavy atom. The average Bonchev–Trinajstić information content (AvgIpc) is 3.53. The maximum atomic E-state index is 12.9. The Kier molecular flexibility index (Phi) is 5.41. The maximum Gasteiger partial charge on any atom is 0.255 e. The van der Waals surface area contributed by atoms with Crippen LogP contribution < -0.4 is 11.1 Å². The monoisotopic (exact) mass is 478 g/mol. The van der Waals surface area contributed by atoms with Gasteiger partial charge in [-0.2, -0.15) is 15.5 Å². The number of benzene rings is 1. The maximum absolute atomic E-state index is 12.9. The number of aryl methyl sites for hydroxylation is 1. The highest BCUT2D eigenvalue weighted by Gasteiger charge is 2.21. The number of carbonyl (C=O) groups excluding carboxylic acids is 1. The average molecular weight is 479 g/mol. The summed E-state index contributed by atoms with van der Waals surface area (Å²) in [6, 6.07) is 11.1. The van der Waals surface area contributed by atoms with Crippen LogP contribution in [0.2, 0.25) is 0 Å². The molecular weight excluding hydrogens is 456 g/mol. The number of rotatable bonds is 5. The molecule has 5 rings (SSSR count). The number of fused-ring (bicyclic) bond motifs is 1. The molecule has 3 N–H and O–H groups in total. The van der Waals surface area contributed by atoms with Gasteiger partial charge in [0.2, 0.25) is 0 Å². The number of imidazole rings is 1. The molecule has 0 radical (unpaired) electrons. The lowest BCUT2D eigenvalue weighted by atomic mass is 9.85. The molecular formula is C25H22N10O. The van der Waals surface area contributed by atoms with Gasteiger partial charge >= 0.3 is 0 Å². The van der Waals surface area contributed by atoms with Crippen molar-refractivity contribution in [2.75, 3.05) is 11.1 Å². The van der Waals surface area contributed by atoms with Crippen LogP contribution in [0.5, 0.6) is 0 Å². The first-order valence-electron chi connectivity index (χ1n) is 11.1. The van der Waals surface area contributed by atoms with Gasteiger partial charge in [0, 0.05) is 17.3 Å². The molecule has 1 aromatic carbocycles. The molecule has 0 unspecified atom stereocenters. The van der Waals surface area contributed by atoms with Crippen molar-refractivity contribution in [1.29, 1.82) is 5.26 Å². The molecule has 178 valence electrons. The Balaban J connectivity index is 1.43. The molecule has 0 spiro atoms. The van der Waals surface area contributed by atoms with E-state index in [2.05, 4.69) is 36.5 Å². The van der Waals surface area contributed by atoms with Crippen LogP contribution in [0.25, 0.3) is 22.6 Å². The highest BCUT2D eigenvalue weighted by atomic mass is 16.1. The van der Waals surface area contributed by atoms with E-state index in [1.54, 1.807) is 52.1 Å². The predicted octanol–water partition coefficient (Wildman–Crippen LogP) is 3.32. The highest BCUT2D eigenvalue weighted by molar-refractivity contribution is 6.04. The zero-order valence-corrected chi connectivity index (χ0v) is 19.8. The molecule has 0 atom stereocenters. The smallest absolute Gasteiger partial charge is 0.255 e. The normalized spacial score (nSPS) is 11.4. The first-order valence-corrected chi connectivity index (χ1v) is 11.1. The second kappa shape index (κ2) is 8.59. The first-order chi connectivity index (χ1) is 17.3. The third kappa shape index (κ3) is 4.01. The van der Waals surface area contributed by atoms with Gasteiger partial charge in [-0.15, -0.1) is 0 Å². The number of nitrogen functional groups attached to an aromatic ring is 1. The van der Waals surface area contributed by atoms with Crippen molar-refractivity contribution in [3.05, 3.63) is 78.3 Å². The van der Waals surface area contributed by atoms with Crippen molar-refractivity contribution in [2.24, 2.45) is 0 Å². The van der Waals surface area contributed by atoms with Crippen LogP contribution in [-0.2, 0) is 5.41 Å². The number of nitrogens with zero attached hydrogens (tertiary/aromatic N) is 8. The number of anilines is 2. The molecule has 0 bridgehead atoms. The molecule has 0 saturated heterocycles. The summed E-state index contributed by atoms with van der Waals surface area (Å²) < 4.78 is 3.28. The Morgan fingerprint density at radius 3 is 2.75 bits per heavy atom. The lowest BCUT2D eigenvalue weighted by Crippen LogP contribution is -2.17. The SMILES string of the molecule is Cc1ncc(NC(=O)c2cccc(C(C)(C)C#N)c2)cc1-n1cc(-c2cnc3c(N)ncnn23)cn1. The van der Waals surface area contributed by atoms with Gasteiger partial charge in [-0.1, -0.05) is 12.1 Å². The second-order valence-corrected chi connectivity index (χ2v) is 8.80. The highest BCUT2D eigenvalue weighted by Crippen LogP contribution is 2.25. The third-order valence-corrected chi connectivity index (χ3v) is 5.90. The standard InChI is InChI=1S/C25H22N10O/c1-15-20(34-12-17(9-31-34)21-11-29-23-22(27)30-14-32-35(21)23)8-19(10-28-15)33-24(36)16-5-4-6-18(7-16)25(2,3)13-26/h4-12,14H,1-3H3,(H,33,36)(H2,27,30,32). The molecule has 4 aromatic heterocycles. The van der Waals surface area contributed by atoms with E-state index < -0.39 is 5.41 Å². The summed E-state index contributed by atoms with van der Waals surface area (Å²) in [5.74, 6) is -0.0137. The van der Waals surface area contributed by atoms with Crippen molar-refractivity contribution in [1.82, 2.24) is 34.3 Å². The van der Waals surface area contributed by atoms with Crippen LogP contribution in [0.4, 0.5) is 11.5 Å². The van der Waals surface area contributed by atoms with E-state index in [0.29, 0.717) is 28.3 Å². The summed E-state index contributed by atoms with van der Waals surface area (Å²) in [5.41, 5.74) is 10.3. The van der Waals surface area contributed by atoms with E-state index in [1.165, 1.54) is 6.33 Å². The molecule has 11 nitrogen and oxygen atoms in total. The quantitative estimate of drug-likeness (QED) is 0.390. The van der Waals surface area contributed by atoms with Crippen molar-refractivity contribution in [3.8, 4) is 23.0 Å². The van der Waals surface area contributed by atoms with Gasteiger partial charge in [0.25, 0.3) is 5.91 Å². The predicted molar refractivity (Wildman–Crippen MR) is 133 cm³/mol. The number of aromatic nitrogens is 7. The van der Waals surface area contributed by atoms with Gasteiger partial charge in [-0.25, -0.2) is 19.2 Å². The van der Waals surface area contributed by atoms with Gasteiger partial charge in [-0.05, 0) is 44.5 Å². The molecule has 4 heterocycles. The number of hydrogen-bond donors (Lipinski definition) is 2. The number of nitriles is 1. The Morgan fingerprint density at radius 2 is 1.94 bits per heavy atom. The number of carbonyl (C=O) groups is 1. The van der Waals surface area contributed by atoms with Crippen LogP contribution in [0, 0.1) is 18.3 Å². The lowest BCUT2D eigenvalue weighted by Gasteiger charge is -2.16. The van der Waals surface area contributed by atoms with E-state index in [1.807, 2.05) is 33.0 Å². The van der Waals surface area contributed by atoms with E-state index in [-0.39, 0.29) is 11.7 Å². The van der Waals surface area contributed by atoms with Gasteiger partial charge in [-0.3, -0.25) is 9.78 Å². The number of hydrogen-bond acceptors (Lipinski definition) is 8. The van der Waals surface area contributed by atoms with Crippen LogP contribution in [0.1, 0.15) is 35.5 Å². The summed E-state index contributed by atoms with van der Waals surface area (Å²) in [6.07, 6.45) is 8.13. The summed E-state index contributed by atoms with van der Waals surface area (Å²) in [6.45, 7) is 5.48. The molecule has 0 fully saturated rings. The fourth-order valence-electron chi connectivity index (χ4n) is 3.76. The minimum atomic E-state index is -0.703. The largest absolute Gasteiger partial charge is 0.381 e. The first kappa shape index (κ1) is 22.7. The molecule has 0 saturated carbocycles. The van der Waals surface area contributed by atoms with Crippen LogP contribution in [0.3, 0.4) is 0 Å². The van der Waals surface area contributed by atoms with Gasteiger partial charge in [0.15, 0.2) is 11.5 Å². The lowest BCUT2D eigenvalue weighted by molar-refractivity contribution is 0.102. The molecule has 36 heavy (non-hydrogen) atoms. The van der Waals surface area contributed by atoms with Crippen molar-refractivity contribution in [2.45, 2.75) is 26.2 Å². The Bertz CT molecular complexity index is 1660.